The standard InChI is InChI=1S/C23H33NO/c1-4-6-7-8-9-10-17-25-23-15-12-20(13-16-23)19(3)21-11-14-22(5-2)24-18-21/h11-16,18-19H,4-10,17H2,1-3H3. The Labute approximate surface area is 153 Å². The molecule has 0 fully saturated rings. The van der Waals surface area contributed by atoms with Crippen molar-refractivity contribution in [3.63, 3.8) is 0 Å². The highest BCUT2D eigenvalue weighted by atomic mass is 16.5. The van der Waals surface area contributed by atoms with Gasteiger partial charge >= 0.3 is 0 Å². The van der Waals surface area contributed by atoms with Crippen LogP contribution in [0.25, 0.3) is 0 Å². The lowest BCUT2D eigenvalue weighted by molar-refractivity contribution is 0.304. The number of aryl methyl sites for hydroxylation is 1. The van der Waals surface area contributed by atoms with Crippen LogP contribution in [0.15, 0.2) is 42.6 Å². The maximum atomic E-state index is 5.87. The summed E-state index contributed by atoms with van der Waals surface area (Å²) in [7, 11) is 0. The van der Waals surface area contributed by atoms with Crippen molar-refractivity contribution in [1.82, 2.24) is 4.98 Å². The molecule has 0 spiro atoms. The molecule has 1 atom stereocenters. The molecule has 2 heteroatoms. The van der Waals surface area contributed by atoms with Crippen LogP contribution in [0.1, 0.15) is 82.0 Å². The lowest BCUT2D eigenvalue weighted by Gasteiger charge is -2.13. The minimum absolute atomic E-state index is 0.353. The van der Waals surface area contributed by atoms with Crippen molar-refractivity contribution in [3.05, 3.63) is 59.4 Å². The highest BCUT2D eigenvalue weighted by molar-refractivity contribution is 5.34. The molecule has 0 saturated heterocycles. The Balaban J connectivity index is 1.78. The summed E-state index contributed by atoms with van der Waals surface area (Å²) in [5, 5.41) is 0. The van der Waals surface area contributed by atoms with Gasteiger partial charge in [-0.05, 0) is 42.2 Å². The molecule has 0 aliphatic carbocycles. The number of nitrogens with zero attached hydrogens (tertiary/aromatic N) is 1. The van der Waals surface area contributed by atoms with E-state index in [2.05, 4.69) is 62.2 Å². The second-order valence-corrected chi connectivity index (χ2v) is 6.84. The molecule has 0 radical (unpaired) electrons. The zero-order valence-electron chi connectivity index (χ0n) is 16.1. The summed E-state index contributed by atoms with van der Waals surface area (Å²) in [5.74, 6) is 1.33. The highest BCUT2D eigenvalue weighted by Crippen LogP contribution is 2.25. The molecular formula is C23H33NO. The molecule has 0 saturated carbocycles. The second-order valence-electron chi connectivity index (χ2n) is 6.84. The Morgan fingerprint density at radius 2 is 1.52 bits per heavy atom. The van der Waals surface area contributed by atoms with Gasteiger partial charge in [0.1, 0.15) is 5.75 Å². The molecule has 0 aliphatic heterocycles. The first-order valence-electron chi connectivity index (χ1n) is 9.92. The van der Waals surface area contributed by atoms with E-state index < -0.39 is 0 Å². The van der Waals surface area contributed by atoms with Crippen molar-refractivity contribution in [2.45, 2.75) is 71.6 Å². The van der Waals surface area contributed by atoms with E-state index in [0.717, 1.165) is 30.9 Å². The third kappa shape index (κ3) is 6.53. The lowest BCUT2D eigenvalue weighted by Crippen LogP contribution is -2.00. The van der Waals surface area contributed by atoms with Gasteiger partial charge in [-0.1, -0.05) is 71.1 Å². The molecular weight excluding hydrogens is 306 g/mol. The van der Waals surface area contributed by atoms with Crippen LogP contribution >= 0.6 is 0 Å². The van der Waals surface area contributed by atoms with Crippen LogP contribution in [0.5, 0.6) is 5.75 Å². The van der Waals surface area contributed by atoms with Crippen LogP contribution in [0.4, 0.5) is 0 Å². The van der Waals surface area contributed by atoms with E-state index >= 15 is 0 Å². The van der Waals surface area contributed by atoms with Crippen LogP contribution in [-0.4, -0.2) is 11.6 Å². The molecule has 2 rings (SSSR count). The fraction of sp³-hybridized carbons (Fsp3) is 0.522. The van der Waals surface area contributed by atoms with Gasteiger partial charge in [-0.15, -0.1) is 0 Å². The average Bonchev–Trinajstić information content (AvgIpc) is 2.67. The van der Waals surface area contributed by atoms with Crippen molar-refractivity contribution >= 4 is 0 Å². The van der Waals surface area contributed by atoms with E-state index in [0.29, 0.717) is 5.92 Å². The van der Waals surface area contributed by atoms with Gasteiger partial charge in [0.25, 0.3) is 0 Å². The number of benzene rings is 1. The topological polar surface area (TPSA) is 22.1 Å². The SMILES string of the molecule is CCCCCCCCOc1ccc(C(C)c2ccc(CC)nc2)cc1. The van der Waals surface area contributed by atoms with Gasteiger partial charge in [0.05, 0.1) is 6.61 Å². The van der Waals surface area contributed by atoms with Crippen LogP contribution in [0.3, 0.4) is 0 Å². The van der Waals surface area contributed by atoms with E-state index in [1.165, 1.54) is 43.2 Å². The summed E-state index contributed by atoms with van der Waals surface area (Å²) in [5.41, 5.74) is 3.71. The number of ether oxygens (including phenoxy) is 1. The summed E-state index contributed by atoms with van der Waals surface area (Å²) in [6.45, 7) is 7.44. The largest absolute Gasteiger partial charge is 0.494 e. The number of pyridine rings is 1. The van der Waals surface area contributed by atoms with Crippen LogP contribution in [0.2, 0.25) is 0 Å². The van der Waals surface area contributed by atoms with Gasteiger partial charge in [0, 0.05) is 17.8 Å². The predicted octanol–water partition coefficient (Wildman–Crippen LogP) is 6.54. The van der Waals surface area contributed by atoms with Gasteiger partial charge < -0.3 is 4.74 Å². The van der Waals surface area contributed by atoms with Crippen molar-refractivity contribution < 1.29 is 4.74 Å². The van der Waals surface area contributed by atoms with Crippen molar-refractivity contribution in [1.29, 1.82) is 0 Å². The maximum absolute atomic E-state index is 5.87. The Bertz CT molecular complexity index is 588. The van der Waals surface area contributed by atoms with Gasteiger partial charge in [-0.2, -0.15) is 0 Å². The van der Waals surface area contributed by atoms with Crippen molar-refractivity contribution in [2.24, 2.45) is 0 Å². The van der Waals surface area contributed by atoms with Crippen LogP contribution < -0.4 is 4.74 Å². The number of rotatable bonds is 11. The molecule has 0 aliphatic rings. The minimum Gasteiger partial charge on any atom is -0.494 e. The molecule has 0 N–H and O–H groups in total. The number of hydrogen-bond donors (Lipinski definition) is 0. The van der Waals surface area contributed by atoms with E-state index in [1.54, 1.807) is 0 Å². The van der Waals surface area contributed by atoms with Gasteiger partial charge in [0.2, 0.25) is 0 Å². The molecule has 1 heterocycles. The van der Waals surface area contributed by atoms with E-state index in [4.69, 9.17) is 4.74 Å². The number of aromatic nitrogens is 1. The lowest BCUT2D eigenvalue weighted by atomic mass is 9.94. The first kappa shape index (κ1) is 19.5. The Kier molecular flexibility index (Phi) is 8.51. The zero-order valence-corrected chi connectivity index (χ0v) is 16.1. The summed E-state index contributed by atoms with van der Waals surface area (Å²) < 4.78 is 5.87. The molecule has 136 valence electrons. The summed E-state index contributed by atoms with van der Waals surface area (Å²) in [6, 6.07) is 12.9. The molecule has 1 unspecified atom stereocenters. The Hall–Kier alpha value is -1.83. The van der Waals surface area contributed by atoms with Gasteiger partial charge in [-0.25, -0.2) is 0 Å². The molecule has 2 nitrogen and oxygen atoms in total. The Morgan fingerprint density at radius 3 is 2.16 bits per heavy atom. The molecule has 0 amide bonds. The number of unbranched alkanes of at least 4 members (excludes halogenated alkanes) is 5. The van der Waals surface area contributed by atoms with Crippen LogP contribution in [0, 0.1) is 0 Å². The highest BCUT2D eigenvalue weighted by Gasteiger charge is 2.09. The van der Waals surface area contributed by atoms with Gasteiger partial charge in [0.15, 0.2) is 0 Å². The first-order chi connectivity index (χ1) is 12.2. The predicted molar refractivity (Wildman–Crippen MR) is 106 cm³/mol. The summed E-state index contributed by atoms with van der Waals surface area (Å²) >= 11 is 0. The maximum Gasteiger partial charge on any atom is 0.119 e. The number of hydrogen-bond acceptors (Lipinski definition) is 2. The summed E-state index contributed by atoms with van der Waals surface area (Å²) in [4.78, 5) is 4.51. The van der Waals surface area contributed by atoms with Crippen molar-refractivity contribution in [2.75, 3.05) is 6.61 Å². The minimum atomic E-state index is 0.353. The first-order valence-corrected chi connectivity index (χ1v) is 9.92. The summed E-state index contributed by atoms with van der Waals surface area (Å²) in [6.07, 6.45) is 10.8. The van der Waals surface area contributed by atoms with E-state index in [-0.39, 0.29) is 0 Å². The van der Waals surface area contributed by atoms with Crippen LogP contribution in [-0.2, 0) is 6.42 Å². The van der Waals surface area contributed by atoms with Gasteiger partial charge in [-0.3, -0.25) is 4.98 Å². The second kappa shape index (κ2) is 10.9. The third-order valence-corrected chi connectivity index (χ3v) is 4.86. The Morgan fingerprint density at radius 1 is 0.840 bits per heavy atom. The quantitative estimate of drug-likeness (QED) is 0.434. The normalized spacial score (nSPS) is 12.1. The molecule has 2 aromatic rings. The fourth-order valence-electron chi connectivity index (χ4n) is 3.02. The molecule has 25 heavy (non-hydrogen) atoms. The third-order valence-electron chi connectivity index (χ3n) is 4.86. The van der Waals surface area contributed by atoms with E-state index in [9.17, 15) is 0 Å². The molecule has 0 bridgehead atoms. The zero-order chi connectivity index (χ0) is 17.9. The van der Waals surface area contributed by atoms with Crippen molar-refractivity contribution in [3.8, 4) is 5.75 Å². The fourth-order valence-corrected chi connectivity index (χ4v) is 3.02. The average molecular weight is 340 g/mol. The molecule has 1 aromatic heterocycles. The van der Waals surface area contributed by atoms with E-state index in [1.807, 2.05) is 6.20 Å². The monoisotopic (exact) mass is 339 g/mol. The molecule has 1 aromatic carbocycles. The smallest absolute Gasteiger partial charge is 0.119 e.